The fourth-order valence-corrected chi connectivity index (χ4v) is 3.57. The summed E-state index contributed by atoms with van der Waals surface area (Å²) in [5, 5.41) is 12.7. The third kappa shape index (κ3) is 3.03. The quantitative estimate of drug-likeness (QED) is 0.921. The third-order valence-electron chi connectivity index (χ3n) is 4.87. The molecule has 1 aromatic rings. The first-order valence-corrected chi connectivity index (χ1v) is 8.14. The van der Waals surface area contributed by atoms with Crippen molar-refractivity contribution in [2.24, 2.45) is 5.92 Å². The predicted octanol–water partition coefficient (Wildman–Crippen LogP) is 2.27. The van der Waals surface area contributed by atoms with Gasteiger partial charge in [0.2, 0.25) is 0 Å². The van der Waals surface area contributed by atoms with E-state index < -0.39 is 0 Å². The van der Waals surface area contributed by atoms with E-state index >= 15 is 0 Å². The highest BCUT2D eigenvalue weighted by molar-refractivity contribution is 5.57. The number of fused-ring (bicyclic) bond motifs is 1. The molecule has 2 aliphatic rings. The van der Waals surface area contributed by atoms with Crippen molar-refractivity contribution < 1.29 is 0 Å². The number of aromatic nitrogens is 1. The molecule has 0 radical (unpaired) electrons. The molecule has 1 aliphatic carbocycles. The highest BCUT2D eigenvalue weighted by Crippen LogP contribution is 2.30. The van der Waals surface area contributed by atoms with Gasteiger partial charge >= 0.3 is 0 Å². The number of nitriles is 1. The Balaban J connectivity index is 1.72. The summed E-state index contributed by atoms with van der Waals surface area (Å²) in [5.41, 5.74) is 3.28. The number of rotatable bonds is 4. The molecule has 1 aromatic heterocycles. The summed E-state index contributed by atoms with van der Waals surface area (Å²) in [5.74, 6) is 1.75. The van der Waals surface area contributed by atoms with Gasteiger partial charge in [-0.05, 0) is 69.7 Å². The van der Waals surface area contributed by atoms with E-state index in [0.29, 0.717) is 0 Å². The van der Waals surface area contributed by atoms with E-state index in [1.165, 1.54) is 36.9 Å². The largest absolute Gasteiger partial charge is 0.355 e. The van der Waals surface area contributed by atoms with Crippen molar-refractivity contribution in [3.63, 3.8) is 0 Å². The van der Waals surface area contributed by atoms with Crippen molar-refractivity contribution in [3.8, 4) is 6.07 Å². The van der Waals surface area contributed by atoms with Gasteiger partial charge < -0.3 is 10.2 Å². The lowest BCUT2D eigenvalue weighted by atomic mass is 9.93. The topological polar surface area (TPSA) is 52.0 Å². The average Bonchev–Trinajstić information content (AvgIpc) is 2.99. The summed E-state index contributed by atoms with van der Waals surface area (Å²) in [4.78, 5) is 7.15. The van der Waals surface area contributed by atoms with E-state index in [4.69, 9.17) is 4.98 Å². The summed E-state index contributed by atoms with van der Waals surface area (Å²) in [6.07, 6.45) is 7.03. The van der Waals surface area contributed by atoms with Gasteiger partial charge in [-0.25, -0.2) is 4.98 Å². The second-order valence-corrected chi connectivity index (χ2v) is 6.25. The van der Waals surface area contributed by atoms with Gasteiger partial charge in [0.05, 0.1) is 5.56 Å². The molecule has 4 heteroatoms. The molecular weight excluding hydrogens is 260 g/mol. The molecule has 0 aromatic carbocycles. The van der Waals surface area contributed by atoms with Crippen molar-refractivity contribution in [2.75, 3.05) is 31.6 Å². The van der Waals surface area contributed by atoms with Gasteiger partial charge in [-0.3, -0.25) is 0 Å². The van der Waals surface area contributed by atoms with E-state index in [0.717, 1.165) is 49.8 Å². The molecule has 1 aliphatic heterocycles. The SMILES string of the molecule is CNCCC1CCN(c2nc3c(cc2C#N)CCC3)CC1. The van der Waals surface area contributed by atoms with Gasteiger partial charge in [0.25, 0.3) is 0 Å². The molecule has 0 saturated carbocycles. The summed E-state index contributed by atoms with van der Waals surface area (Å²) in [7, 11) is 2.02. The monoisotopic (exact) mass is 284 g/mol. The number of pyridine rings is 1. The Morgan fingerprint density at radius 2 is 2.19 bits per heavy atom. The Labute approximate surface area is 127 Å². The minimum Gasteiger partial charge on any atom is -0.355 e. The minimum absolute atomic E-state index is 0.768. The van der Waals surface area contributed by atoms with Crippen LogP contribution in [0.15, 0.2) is 6.07 Å². The van der Waals surface area contributed by atoms with Crippen LogP contribution in [0.25, 0.3) is 0 Å². The van der Waals surface area contributed by atoms with Crippen molar-refractivity contribution in [3.05, 3.63) is 22.9 Å². The Hall–Kier alpha value is -1.60. The fraction of sp³-hybridized carbons (Fsp3) is 0.647. The van der Waals surface area contributed by atoms with Crippen LogP contribution in [0.2, 0.25) is 0 Å². The van der Waals surface area contributed by atoms with Crippen LogP contribution in [0.5, 0.6) is 0 Å². The van der Waals surface area contributed by atoms with Crippen LogP contribution in [0.3, 0.4) is 0 Å². The first-order valence-electron chi connectivity index (χ1n) is 8.14. The summed E-state index contributed by atoms with van der Waals surface area (Å²) < 4.78 is 0. The molecule has 0 atom stereocenters. The fourth-order valence-electron chi connectivity index (χ4n) is 3.57. The first-order chi connectivity index (χ1) is 10.3. The Morgan fingerprint density at radius 1 is 1.38 bits per heavy atom. The maximum atomic E-state index is 9.42. The molecule has 21 heavy (non-hydrogen) atoms. The second kappa shape index (κ2) is 6.44. The Bertz CT molecular complexity index is 538. The molecule has 0 amide bonds. The highest BCUT2D eigenvalue weighted by Gasteiger charge is 2.24. The van der Waals surface area contributed by atoms with Crippen molar-refractivity contribution >= 4 is 5.82 Å². The van der Waals surface area contributed by atoms with Crippen LogP contribution in [-0.2, 0) is 12.8 Å². The minimum atomic E-state index is 0.768. The molecule has 1 fully saturated rings. The van der Waals surface area contributed by atoms with Gasteiger partial charge in [-0.2, -0.15) is 5.26 Å². The molecule has 0 spiro atoms. The number of nitrogens with one attached hydrogen (secondary N) is 1. The number of aryl methyl sites for hydroxylation is 2. The second-order valence-electron chi connectivity index (χ2n) is 6.25. The molecular formula is C17H24N4. The Kier molecular flexibility index (Phi) is 4.40. The van der Waals surface area contributed by atoms with Crippen LogP contribution in [0, 0.1) is 17.2 Å². The zero-order valence-electron chi connectivity index (χ0n) is 12.9. The summed E-state index contributed by atoms with van der Waals surface area (Å²) in [6, 6.07) is 4.44. The molecule has 4 nitrogen and oxygen atoms in total. The number of piperidine rings is 1. The summed E-state index contributed by atoms with van der Waals surface area (Å²) in [6.45, 7) is 3.18. The van der Waals surface area contributed by atoms with Gasteiger partial charge in [-0.15, -0.1) is 0 Å². The lowest BCUT2D eigenvalue weighted by Crippen LogP contribution is -2.35. The van der Waals surface area contributed by atoms with Crippen LogP contribution in [0.1, 0.15) is 42.5 Å². The number of hydrogen-bond acceptors (Lipinski definition) is 4. The summed E-state index contributed by atoms with van der Waals surface area (Å²) >= 11 is 0. The lowest BCUT2D eigenvalue weighted by molar-refractivity contribution is 0.377. The van der Waals surface area contributed by atoms with E-state index in [1.807, 2.05) is 7.05 Å². The maximum Gasteiger partial charge on any atom is 0.146 e. The number of hydrogen-bond donors (Lipinski definition) is 1. The smallest absolute Gasteiger partial charge is 0.146 e. The molecule has 1 saturated heterocycles. The van der Waals surface area contributed by atoms with Crippen LogP contribution in [-0.4, -0.2) is 31.7 Å². The molecule has 3 rings (SSSR count). The zero-order valence-corrected chi connectivity index (χ0v) is 12.9. The molecule has 0 bridgehead atoms. The van der Waals surface area contributed by atoms with E-state index in [1.54, 1.807) is 0 Å². The molecule has 1 N–H and O–H groups in total. The first kappa shape index (κ1) is 14.3. The van der Waals surface area contributed by atoms with Gasteiger partial charge in [-0.1, -0.05) is 0 Å². The van der Waals surface area contributed by atoms with E-state index in [9.17, 15) is 5.26 Å². The molecule has 0 unspecified atom stereocenters. The van der Waals surface area contributed by atoms with Crippen molar-refractivity contribution in [1.29, 1.82) is 5.26 Å². The van der Waals surface area contributed by atoms with Gasteiger partial charge in [0.1, 0.15) is 11.9 Å². The molecule has 2 heterocycles. The predicted molar refractivity (Wildman–Crippen MR) is 84.5 cm³/mol. The maximum absolute atomic E-state index is 9.42. The third-order valence-corrected chi connectivity index (χ3v) is 4.87. The van der Waals surface area contributed by atoms with E-state index in [2.05, 4.69) is 22.4 Å². The van der Waals surface area contributed by atoms with Crippen LogP contribution in [0.4, 0.5) is 5.82 Å². The van der Waals surface area contributed by atoms with Crippen molar-refractivity contribution in [2.45, 2.75) is 38.5 Å². The van der Waals surface area contributed by atoms with E-state index in [-0.39, 0.29) is 0 Å². The standard InChI is InChI=1S/C17H24N4/c1-19-8-5-13-6-9-21(10-7-13)17-15(12-18)11-14-3-2-4-16(14)20-17/h11,13,19H,2-10H2,1H3. The molecule has 112 valence electrons. The van der Waals surface area contributed by atoms with Crippen LogP contribution >= 0.6 is 0 Å². The Morgan fingerprint density at radius 3 is 2.90 bits per heavy atom. The number of nitrogens with zero attached hydrogens (tertiary/aromatic N) is 3. The van der Waals surface area contributed by atoms with Gasteiger partial charge in [0.15, 0.2) is 0 Å². The number of anilines is 1. The lowest BCUT2D eigenvalue weighted by Gasteiger charge is -2.33. The average molecular weight is 284 g/mol. The highest BCUT2D eigenvalue weighted by atomic mass is 15.2. The van der Waals surface area contributed by atoms with Crippen LogP contribution < -0.4 is 10.2 Å². The van der Waals surface area contributed by atoms with Crippen molar-refractivity contribution in [1.82, 2.24) is 10.3 Å². The zero-order chi connectivity index (χ0) is 14.7. The van der Waals surface area contributed by atoms with Gasteiger partial charge in [0, 0.05) is 18.8 Å². The normalized spacial score (nSPS) is 18.6.